The van der Waals surface area contributed by atoms with Crippen LogP contribution in [0.1, 0.15) is 6.42 Å². The van der Waals surface area contributed by atoms with Gasteiger partial charge in [0, 0.05) is 0 Å². The molecule has 1 aromatic carbocycles. The quantitative estimate of drug-likeness (QED) is 0.780. The molecule has 0 aliphatic rings. The topological polar surface area (TPSA) is 52.3 Å². The summed E-state index contributed by atoms with van der Waals surface area (Å²) in [7, 11) is 0. The Labute approximate surface area is 107 Å². The average molecular weight is 304 g/mol. The maximum absolute atomic E-state index is 11.5. The van der Waals surface area contributed by atoms with Crippen molar-refractivity contribution in [3.05, 3.63) is 30.3 Å². The molecule has 0 aliphatic carbocycles. The van der Waals surface area contributed by atoms with Crippen molar-refractivity contribution in [1.82, 2.24) is 0 Å². The van der Waals surface area contributed by atoms with E-state index in [0.717, 1.165) is 10.2 Å². The molecular formula is C11H15NO2SSe. The van der Waals surface area contributed by atoms with Gasteiger partial charge in [-0.25, -0.2) is 0 Å². The van der Waals surface area contributed by atoms with Crippen molar-refractivity contribution in [1.29, 1.82) is 0 Å². The van der Waals surface area contributed by atoms with E-state index in [1.165, 1.54) is 0 Å². The molecular weight excluding hydrogens is 289 g/mol. The zero-order valence-electron chi connectivity index (χ0n) is 9.09. The Morgan fingerprint density at radius 2 is 2.19 bits per heavy atom. The second kappa shape index (κ2) is 7.74. The predicted molar refractivity (Wildman–Crippen MR) is 68.9 cm³/mol. The Morgan fingerprint density at radius 3 is 2.81 bits per heavy atom. The third-order valence-corrected chi connectivity index (χ3v) is 4.04. The molecule has 1 aromatic rings. The molecule has 0 fully saturated rings. The van der Waals surface area contributed by atoms with E-state index in [2.05, 4.69) is 0 Å². The van der Waals surface area contributed by atoms with Crippen LogP contribution in [0, 0.1) is 0 Å². The van der Waals surface area contributed by atoms with Gasteiger partial charge in [-0.2, -0.15) is 0 Å². The molecule has 0 aromatic heterocycles. The molecule has 0 aliphatic heterocycles. The van der Waals surface area contributed by atoms with Gasteiger partial charge in [0.05, 0.1) is 0 Å². The van der Waals surface area contributed by atoms with E-state index in [4.69, 9.17) is 9.55 Å². The number of nitrogens with two attached hydrogens (primary N) is 1. The van der Waals surface area contributed by atoms with Gasteiger partial charge >= 0.3 is 107 Å². The van der Waals surface area contributed by atoms with Gasteiger partial charge in [-0.3, -0.25) is 0 Å². The van der Waals surface area contributed by atoms with Crippen LogP contribution >= 0.6 is 11.8 Å². The fourth-order valence-corrected chi connectivity index (χ4v) is 2.68. The van der Waals surface area contributed by atoms with E-state index in [0.29, 0.717) is 6.42 Å². The fraction of sp³-hybridized carbons (Fsp3) is 0.364. The molecule has 0 heterocycles. The van der Waals surface area contributed by atoms with Gasteiger partial charge in [0.25, 0.3) is 0 Å². The first-order valence-corrected chi connectivity index (χ1v) is 7.87. The summed E-state index contributed by atoms with van der Waals surface area (Å²) in [5, 5.41) is 0. The number of benzene rings is 1. The van der Waals surface area contributed by atoms with Crippen LogP contribution in [0.25, 0.3) is 0 Å². The maximum atomic E-state index is 11.5. The van der Waals surface area contributed by atoms with Crippen molar-refractivity contribution in [2.75, 3.05) is 12.0 Å². The van der Waals surface area contributed by atoms with E-state index in [1.54, 1.807) is 11.8 Å². The summed E-state index contributed by atoms with van der Waals surface area (Å²) >= 11 is 1.41. The number of thioether (sulfide) groups is 1. The SMILES string of the molecule is CSCC[C@H](N)C(=O)O[Se]c1ccccc1. The fourth-order valence-electron chi connectivity index (χ4n) is 0.990. The Balaban J connectivity index is 2.29. The number of rotatable bonds is 6. The van der Waals surface area contributed by atoms with Crippen LogP contribution in [-0.2, 0) is 8.61 Å². The zero-order chi connectivity index (χ0) is 11.8. The first kappa shape index (κ1) is 13.6. The Morgan fingerprint density at radius 1 is 1.50 bits per heavy atom. The minimum absolute atomic E-state index is 0.269. The van der Waals surface area contributed by atoms with Crippen LogP contribution < -0.4 is 10.2 Å². The number of carbonyl (C=O) groups is 1. The molecule has 88 valence electrons. The summed E-state index contributed by atoms with van der Waals surface area (Å²) < 4.78 is 6.22. The van der Waals surface area contributed by atoms with Gasteiger partial charge in [0.1, 0.15) is 0 Å². The third-order valence-electron chi connectivity index (χ3n) is 1.90. The second-order valence-corrected chi connectivity index (χ2v) is 5.86. The van der Waals surface area contributed by atoms with Crippen molar-refractivity contribution >= 4 is 37.5 Å². The van der Waals surface area contributed by atoms with Crippen LogP contribution in [0.2, 0.25) is 0 Å². The van der Waals surface area contributed by atoms with Crippen LogP contribution in [0.3, 0.4) is 0 Å². The van der Waals surface area contributed by atoms with Crippen molar-refractivity contribution in [2.24, 2.45) is 5.73 Å². The summed E-state index contributed by atoms with van der Waals surface area (Å²) in [6, 6.07) is 9.20. The Hall–Kier alpha value is -0.481. The number of hydrogen-bond donors (Lipinski definition) is 1. The molecule has 0 amide bonds. The first-order chi connectivity index (χ1) is 7.74. The molecule has 5 heteroatoms. The molecule has 0 spiro atoms. The third kappa shape index (κ3) is 5.03. The predicted octanol–water partition coefficient (Wildman–Crippen LogP) is 0.555. The van der Waals surface area contributed by atoms with Crippen molar-refractivity contribution in [3.8, 4) is 0 Å². The van der Waals surface area contributed by atoms with Crippen LogP contribution in [-0.4, -0.2) is 39.3 Å². The van der Waals surface area contributed by atoms with Crippen molar-refractivity contribution in [2.45, 2.75) is 12.5 Å². The zero-order valence-corrected chi connectivity index (χ0v) is 11.6. The number of carbonyl (C=O) groups excluding carboxylic acids is 1. The summed E-state index contributed by atoms with van der Waals surface area (Å²) in [6.07, 6.45) is 2.66. The van der Waals surface area contributed by atoms with E-state index < -0.39 is 6.04 Å². The monoisotopic (exact) mass is 305 g/mol. The standard InChI is InChI=1S/C11H15NO2SSe/c1-15-8-7-10(12)11(13)14-16-9-5-3-2-4-6-9/h2-6,10H,7-8,12H2,1H3/t10-/m0/s1. The molecule has 1 atom stereocenters. The van der Waals surface area contributed by atoms with Gasteiger partial charge in [-0.15, -0.1) is 0 Å². The first-order valence-electron chi connectivity index (χ1n) is 4.92. The normalized spacial score (nSPS) is 12.1. The van der Waals surface area contributed by atoms with Gasteiger partial charge < -0.3 is 0 Å². The summed E-state index contributed by atoms with van der Waals surface area (Å²) in [5.41, 5.74) is 5.69. The summed E-state index contributed by atoms with van der Waals surface area (Å²) in [5.74, 6) is 0.590. The van der Waals surface area contributed by atoms with Gasteiger partial charge in [-0.05, 0) is 0 Å². The molecule has 0 radical (unpaired) electrons. The van der Waals surface area contributed by atoms with Crippen LogP contribution in [0.4, 0.5) is 0 Å². The van der Waals surface area contributed by atoms with E-state index in [1.807, 2.05) is 36.6 Å². The molecule has 2 N–H and O–H groups in total. The van der Waals surface area contributed by atoms with E-state index >= 15 is 0 Å². The molecule has 16 heavy (non-hydrogen) atoms. The Kier molecular flexibility index (Phi) is 6.57. The van der Waals surface area contributed by atoms with Gasteiger partial charge in [-0.1, -0.05) is 0 Å². The minimum atomic E-state index is -0.488. The Bertz CT molecular complexity index is 321. The van der Waals surface area contributed by atoms with Crippen molar-refractivity contribution in [3.63, 3.8) is 0 Å². The molecule has 0 unspecified atom stereocenters. The molecule has 0 bridgehead atoms. The van der Waals surface area contributed by atoms with Crippen LogP contribution in [0.15, 0.2) is 30.3 Å². The average Bonchev–Trinajstić information content (AvgIpc) is 2.34. The molecule has 0 saturated carbocycles. The summed E-state index contributed by atoms with van der Waals surface area (Å²) in [4.78, 5) is 11.5. The number of hydrogen-bond acceptors (Lipinski definition) is 4. The summed E-state index contributed by atoms with van der Waals surface area (Å²) in [6.45, 7) is 0. The molecule has 3 nitrogen and oxygen atoms in total. The van der Waals surface area contributed by atoms with E-state index in [-0.39, 0.29) is 21.3 Å². The second-order valence-electron chi connectivity index (χ2n) is 3.19. The van der Waals surface area contributed by atoms with Crippen LogP contribution in [0.5, 0.6) is 0 Å². The van der Waals surface area contributed by atoms with Gasteiger partial charge in [0.15, 0.2) is 0 Å². The van der Waals surface area contributed by atoms with Crippen molar-refractivity contribution < 1.29 is 8.61 Å². The molecule has 0 saturated heterocycles. The van der Waals surface area contributed by atoms with E-state index in [9.17, 15) is 4.79 Å². The molecule has 1 rings (SSSR count). The van der Waals surface area contributed by atoms with Gasteiger partial charge in [0.2, 0.25) is 0 Å².